The molecule has 6 nitrogen and oxygen atoms in total. The van der Waals surface area contributed by atoms with Crippen LogP contribution in [0.3, 0.4) is 0 Å². The molecular formula is C23H32N4O2. The largest absolute Gasteiger partial charge is 0.387 e. The van der Waals surface area contributed by atoms with E-state index in [0.717, 1.165) is 49.5 Å². The van der Waals surface area contributed by atoms with Crippen LogP contribution in [0.4, 0.5) is 0 Å². The molecule has 1 aromatic heterocycles. The number of hydrogen-bond donors (Lipinski definition) is 0. The molecule has 2 aliphatic heterocycles. The minimum atomic E-state index is 0.0337. The third-order valence-electron chi connectivity index (χ3n) is 5.45. The third-order valence-corrected chi connectivity index (χ3v) is 5.45. The molecule has 0 N–H and O–H groups in total. The lowest BCUT2D eigenvalue weighted by Crippen LogP contribution is -2.32. The minimum Gasteiger partial charge on any atom is -0.387 e. The Labute approximate surface area is 173 Å². The van der Waals surface area contributed by atoms with Crippen LogP contribution in [0.1, 0.15) is 56.2 Å². The van der Waals surface area contributed by atoms with Gasteiger partial charge in [0.25, 0.3) is 0 Å². The first-order valence-electron chi connectivity index (χ1n) is 10.6. The predicted octanol–water partition coefficient (Wildman–Crippen LogP) is 4.28. The lowest BCUT2D eigenvalue weighted by atomic mass is 9.96. The van der Waals surface area contributed by atoms with Crippen molar-refractivity contribution in [1.82, 2.24) is 14.7 Å². The summed E-state index contributed by atoms with van der Waals surface area (Å²) >= 11 is 0. The van der Waals surface area contributed by atoms with Gasteiger partial charge in [-0.15, -0.1) is 0 Å². The van der Waals surface area contributed by atoms with E-state index in [0.29, 0.717) is 12.5 Å². The van der Waals surface area contributed by atoms with Crippen LogP contribution in [0.15, 0.2) is 41.6 Å². The van der Waals surface area contributed by atoms with Gasteiger partial charge in [0, 0.05) is 25.2 Å². The van der Waals surface area contributed by atoms with Gasteiger partial charge in [0.2, 0.25) is 5.91 Å². The maximum atomic E-state index is 12.6. The molecule has 2 aliphatic rings. The average molecular weight is 397 g/mol. The zero-order valence-corrected chi connectivity index (χ0v) is 18.0. The molecule has 156 valence electrons. The number of carbonyl (C=O) groups is 1. The van der Waals surface area contributed by atoms with Gasteiger partial charge in [-0.2, -0.15) is 5.10 Å². The molecule has 0 radical (unpaired) electrons. The lowest BCUT2D eigenvalue weighted by Gasteiger charge is -2.17. The normalized spacial score (nSPS) is 20.7. The van der Waals surface area contributed by atoms with E-state index in [1.807, 2.05) is 56.9 Å². The summed E-state index contributed by atoms with van der Waals surface area (Å²) in [5.74, 6) is 0.613. The Bertz CT molecular complexity index is 844. The molecule has 2 atom stereocenters. The van der Waals surface area contributed by atoms with Crippen molar-refractivity contribution in [3.63, 3.8) is 0 Å². The van der Waals surface area contributed by atoms with Crippen LogP contribution in [0, 0.1) is 19.8 Å². The molecule has 6 heteroatoms. The van der Waals surface area contributed by atoms with E-state index in [1.54, 1.807) is 4.68 Å². The summed E-state index contributed by atoms with van der Waals surface area (Å²) in [7, 11) is 0. The van der Waals surface area contributed by atoms with Crippen LogP contribution in [0.25, 0.3) is 0 Å². The van der Waals surface area contributed by atoms with Gasteiger partial charge < -0.3 is 9.74 Å². The van der Waals surface area contributed by atoms with Crippen LogP contribution >= 0.6 is 0 Å². The fourth-order valence-corrected chi connectivity index (χ4v) is 4.02. The fraction of sp³-hybridized carbons (Fsp3) is 0.522. The van der Waals surface area contributed by atoms with Crippen LogP contribution in [-0.2, 0) is 16.2 Å². The Hall–Kier alpha value is -2.63. The molecule has 0 saturated carbocycles. The van der Waals surface area contributed by atoms with Crippen molar-refractivity contribution in [2.45, 2.75) is 59.6 Å². The number of rotatable bonds is 5. The summed E-state index contributed by atoms with van der Waals surface area (Å²) in [6.07, 6.45) is 2.82. The second kappa shape index (κ2) is 9.72. The molecule has 0 aliphatic carbocycles. The number of hydrogen-bond acceptors (Lipinski definition) is 4. The number of oxime groups is 1. The predicted molar refractivity (Wildman–Crippen MR) is 115 cm³/mol. The Morgan fingerprint density at radius 1 is 1.21 bits per heavy atom. The van der Waals surface area contributed by atoms with Gasteiger partial charge in [0.1, 0.15) is 6.54 Å². The molecule has 2 aromatic rings. The maximum Gasteiger partial charge on any atom is 0.244 e. The molecule has 4 rings (SSSR count). The van der Waals surface area contributed by atoms with E-state index < -0.39 is 0 Å². The molecule has 1 aromatic carbocycles. The molecule has 0 spiro atoms. The van der Waals surface area contributed by atoms with Crippen LogP contribution < -0.4 is 0 Å². The summed E-state index contributed by atoms with van der Waals surface area (Å²) in [6, 6.07) is 12.2. The standard InChI is InChI=1S/C21H26N4O2.C2H6/c1-15-10-16(2)25(22-15)14-21(26)24-9-8-17(13-24)11-19-12-20(27-23-19)18-6-4-3-5-7-18;1-2/h3-7,10,17,20H,8-9,11-14H2,1-2H3;1-2H3. The van der Waals surface area contributed by atoms with Crippen molar-refractivity contribution in [2.75, 3.05) is 13.1 Å². The summed E-state index contributed by atoms with van der Waals surface area (Å²) in [5.41, 5.74) is 4.26. The highest BCUT2D eigenvalue weighted by molar-refractivity contribution is 5.86. The number of aryl methyl sites for hydroxylation is 2. The van der Waals surface area contributed by atoms with Gasteiger partial charge in [0.05, 0.1) is 11.4 Å². The second-order valence-electron chi connectivity index (χ2n) is 7.65. The van der Waals surface area contributed by atoms with E-state index in [9.17, 15) is 4.79 Å². The SMILES string of the molecule is CC.Cc1cc(C)n(CC(=O)N2CCC(CC3=NOC(c4ccccc4)C3)C2)n1. The number of amides is 1. The highest BCUT2D eigenvalue weighted by atomic mass is 16.6. The first-order chi connectivity index (χ1) is 14.1. The Morgan fingerprint density at radius 3 is 2.66 bits per heavy atom. The molecule has 2 unspecified atom stereocenters. The average Bonchev–Trinajstić information content (AvgIpc) is 3.46. The van der Waals surface area contributed by atoms with Gasteiger partial charge in [0.15, 0.2) is 6.10 Å². The molecule has 29 heavy (non-hydrogen) atoms. The summed E-state index contributed by atoms with van der Waals surface area (Å²) in [5, 5.41) is 8.70. The van der Waals surface area contributed by atoms with E-state index in [1.165, 1.54) is 5.56 Å². The zero-order chi connectivity index (χ0) is 20.8. The van der Waals surface area contributed by atoms with Gasteiger partial charge in [-0.1, -0.05) is 49.3 Å². The quantitative estimate of drug-likeness (QED) is 0.758. The van der Waals surface area contributed by atoms with Crippen LogP contribution in [0.2, 0.25) is 0 Å². The lowest BCUT2D eigenvalue weighted by molar-refractivity contribution is -0.131. The van der Waals surface area contributed by atoms with Crippen molar-refractivity contribution in [3.05, 3.63) is 53.3 Å². The Morgan fingerprint density at radius 2 is 1.97 bits per heavy atom. The highest BCUT2D eigenvalue weighted by Crippen LogP contribution is 2.31. The summed E-state index contributed by atoms with van der Waals surface area (Å²) < 4.78 is 1.80. The van der Waals surface area contributed by atoms with Crippen molar-refractivity contribution >= 4 is 11.6 Å². The molecule has 1 saturated heterocycles. The summed E-state index contributed by atoms with van der Waals surface area (Å²) in [6.45, 7) is 9.88. The van der Waals surface area contributed by atoms with Crippen LogP contribution in [0.5, 0.6) is 0 Å². The number of carbonyl (C=O) groups excluding carboxylic acids is 1. The van der Waals surface area contributed by atoms with Crippen molar-refractivity contribution < 1.29 is 9.63 Å². The Kier molecular flexibility index (Phi) is 7.07. The topological polar surface area (TPSA) is 59.7 Å². The molecule has 1 fully saturated rings. The monoisotopic (exact) mass is 396 g/mol. The number of nitrogens with zero attached hydrogens (tertiary/aromatic N) is 4. The molecule has 0 bridgehead atoms. The fourth-order valence-electron chi connectivity index (χ4n) is 4.02. The van der Waals surface area contributed by atoms with Crippen LogP contribution in [-0.4, -0.2) is 39.4 Å². The van der Waals surface area contributed by atoms with Gasteiger partial charge in [-0.05, 0) is 44.2 Å². The van der Waals surface area contributed by atoms with Gasteiger partial charge in [-0.3, -0.25) is 9.48 Å². The van der Waals surface area contributed by atoms with E-state index in [-0.39, 0.29) is 12.0 Å². The number of benzene rings is 1. The van der Waals surface area contributed by atoms with E-state index in [2.05, 4.69) is 22.4 Å². The zero-order valence-electron chi connectivity index (χ0n) is 18.0. The number of aromatic nitrogens is 2. The number of likely N-dealkylation sites (tertiary alicyclic amines) is 1. The van der Waals surface area contributed by atoms with Gasteiger partial charge >= 0.3 is 0 Å². The first-order valence-corrected chi connectivity index (χ1v) is 10.6. The maximum absolute atomic E-state index is 12.6. The smallest absolute Gasteiger partial charge is 0.244 e. The van der Waals surface area contributed by atoms with Crippen molar-refractivity contribution in [2.24, 2.45) is 11.1 Å². The first kappa shape index (κ1) is 21.1. The Balaban J connectivity index is 0.00000117. The summed E-state index contributed by atoms with van der Waals surface area (Å²) in [4.78, 5) is 20.2. The molecular weight excluding hydrogens is 364 g/mol. The van der Waals surface area contributed by atoms with Crippen molar-refractivity contribution in [1.29, 1.82) is 0 Å². The van der Waals surface area contributed by atoms with E-state index >= 15 is 0 Å². The molecule has 1 amide bonds. The van der Waals surface area contributed by atoms with Gasteiger partial charge in [-0.25, -0.2) is 0 Å². The van der Waals surface area contributed by atoms with E-state index in [4.69, 9.17) is 4.84 Å². The highest BCUT2D eigenvalue weighted by Gasteiger charge is 2.30. The second-order valence-corrected chi connectivity index (χ2v) is 7.65. The third kappa shape index (κ3) is 5.25. The minimum absolute atomic E-state index is 0.0337. The molecule has 3 heterocycles. The van der Waals surface area contributed by atoms with Crippen molar-refractivity contribution in [3.8, 4) is 0 Å².